The summed E-state index contributed by atoms with van der Waals surface area (Å²) in [4.78, 5) is 41.2. The Balaban J connectivity index is 1.85. The van der Waals surface area contributed by atoms with Gasteiger partial charge in [0.1, 0.15) is 10.4 Å². The predicted molar refractivity (Wildman–Crippen MR) is 110 cm³/mol. The standard InChI is InChI=1S/C21H24N2O4S/c1-6-14-11-17(28-13(14)3)19(25)27-12(2)18(24)23-16-10-8-7-9-15(16)22-20(26)21(23,4)5/h7-12H,6H2,1-5H3,(H,22,26)/t12-/m0/s1. The lowest BCUT2D eigenvalue weighted by Crippen LogP contribution is -2.60. The van der Waals surface area contributed by atoms with Gasteiger partial charge in [-0.05, 0) is 57.9 Å². The number of hydrogen-bond donors (Lipinski definition) is 1. The number of esters is 1. The third-order valence-corrected chi connectivity index (χ3v) is 6.04. The van der Waals surface area contributed by atoms with E-state index in [9.17, 15) is 14.4 Å². The smallest absolute Gasteiger partial charge is 0.349 e. The van der Waals surface area contributed by atoms with E-state index in [0.29, 0.717) is 16.3 Å². The minimum atomic E-state index is -1.11. The Kier molecular flexibility index (Phi) is 5.30. The molecule has 6 nitrogen and oxygen atoms in total. The zero-order chi connectivity index (χ0) is 20.6. The maximum absolute atomic E-state index is 13.2. The predicted octanol–water partition coefficient (Wildman–Crippen LogP) is 3.93. The van der Waals surface area contributed by atoms with E-state index >= 15 is 0 Å². The fraction of sp³-hybridized carbons (Fsp3) is 0.381. The highest BCUT2D eigenvalue weighted by atomic mass is 32.1. The second-order valence-electron chi connectivity index (χ2n) is 7.30. The first-order valence-electron chi connectivity index (χ1n) is 9.21. The van der Waals surface area contributed by atoms with Crippen molar-refractivity contribution in [1.29, 1.82) is 0 Å². The summed E-state index contributed by atoms with van der Waals surface area (Å²) in [5, 5.41) is 2.82. The summed E-state index contributed by atoms with van der Waals surface area (Å²) in [6.45, 7) is 8.85. The molecule has 0 spiro atoms. The SMILES string of the molecule is CCc1cc(C(=O)O[C@@H](C)C(=O)N2c3ccccc3NC(=O)C2(C)C)sc1C. The van der Waals surface area contributed by atoms with Crippen LogP contribution < -0.4 is 10.2 Å². The van der Waals surface area contributed by atoms with Gasteiger partial charge in [0.15, 0.2) is 6.10 Å². The molecule has 0 saturated carbocycles. The summed E-state index contributed by atoms with van der Waals surface area (Å²) >= 11 is 1.36. The summed E-state index contributed by atoms with van der Waals surface area (Å²) in [6.07, 6.45) is -0.198. The molecule has 1 aliphatic rings. The average molecular weight is 401 g/mol. The lowest BCUT2D eigenvalue weighted by molar-refractivity contribution is -0.131. The normalized spacial score (nSPS) is 16.2. The molecule has 0 unspecified atom stereocenters. The first-order chi connectivity index (χ1) is 13.2. The van der Waals surface area contributed by atoms with Crippen molar-refractivity contribution < 1.29 is 19.1 Å². The van der Waals surface area contributed by atoms with Crippen LogP contribution in [0.25, 0.3) is 0 Å². The number of fused-ring (bicyclic) bond motifs is 1. The monoisotopic (exact) mass is 400 g/mol. The van der Waals surface area contributed by atoms with Gasteiger partial charge in [-0.15, -0.1) is 11.3 Å². The first-order valence-corrected chi connectivity index (χ1v) is 10.0. The number of ether oxygens (including phenoxy) is 1. The van der Waals surface area contributed by atoms with Crippen molar-refractivity contribution in [1.82, 2.24) is 0 Å². The van der Waals surface area contributed by atoms with Crippen molar-refractivity contribution in [3.8, 4) is 0 Å². The minimum absolute atomic E-state index is 0.292. The molecule has 1 atom stereocenters. The lowest BCUT2D eigenvalue weighted by atomic mass is 9.95. The van der Waals surface area contributed by atoms with Gasteiger partial charge < -0.3 is 10.1 Å². The maximum Gasteiger partial charge on any atom is 0.349 e. The molecule has 28 heavy (non-hydrogen) atoms. The molecule has 1 N–H and O–H groups in total. The van der Waals surface area contributed by atoms with Crippen molar-refractivity contribution >= 4 is 40.5 Å². The molecule has 1 aromatic heterocycles. The maximum atomic E-state index is 13.2. The second-order valence-corrected chi connectivity index (χ2v) is 8.55. The Morgan fingerprint density at radius 3 is 2.61 bits per heavy atom. The van der Waals surface area contributed by atoms with E-state index in [4.69, 9.17) is 4.74 Å². The molecule has 2 heterocycles. The van der Waals surface area contributed by atoms with Crippen molar-refractivity contribution in [3.05, 3.63) is 45.6 Å². The van der Waals surface area contributed by atoms with Gasteiger partial charge in [0, 0.05) is 4.88 Å². The van der Waals surface area contributed by atoms with Crippen LogP contribution in [0.5, 0.6) is 0 Å². The largest absolute Gasteiger partial charge is 0.448 e. The summed E-state index contributed by atoms with van der Waals surface area (Å²) in [5.74, 6) is -1.26. The molecule has 0 saturated heterocycles. The molecular weight excluding hydrogens is 376 g/mol. The third-order valence-electron chi connectivity index (χ3n) is 4.96. The van der Waals surface area contributed by atoms with Crippen LogP contribution in [-0.2, 0) is 20.7 Å². The Bertz CT molecular complexity index is 948. The van der Waals surface area contributed by atoms with E-state index in [-0.39, 0.29) is 5.91 Å². The van der Waals surface area contributed by atoms with Crippen molar-refractivity contribution in [2.75, 3.05) is 10.2 Å². The van der Waals surface area contributed by atoms with E-state index < -0.39 is 23.5 Å². The second kappa shape index (κ2) is 7.39. The highest BCUT2D eigenvalue weighted by Gasteiger charge is 2.45. The number of anilines is 2. The molecular formula is C21H24N2O4S. The summed E-state index contributed by atoms with van der Waals surface area (Å²) in [5.41, 5.74) is 1.13. The number of hydrogen-bond acceptors (Lipinski definition) is 5. The van der Waals surface area contributed by atoms with Gasteiger partial charge in [-0.3, -0.25) is 14.5 Å². The fourth-order valence-corrected chi connectivity index (χ4v) is 4.27. The number of aryl methyl sites for hydroxylation is 2. The van der Waals surface area contributed by atoms with Crippen LogP contribution in [0.2, 0.25) is 0 Å². The van der Waals surface area contributed by atoms with Gasteiger partial charge in [-0.1, -0.05) is 19.1 Å². The van der Waals surface area contributed by atoms with Crippen LogP contribution in [0.15, 0.2) is 30.3 Å². The van der Waals surface area contributed by atoms with Crippen LogP contribution in [0.3, 0.4) is 0 Å². The van der Waals surface area contributed by atoms with Gasteiger partial charge in [0.05, 0.1) is 11.4 Å². The van der Waals surface area contributed by atoms with E-state index in [2.05, 4.69) is 5.32 Å². The molecule has 0 radical (unpaired) electrons. The van der Waals surface area contributed by atoms with Crippen LogP contribution in [0.1, 0.15) is 47.8 Å². The zero-order valence-electron chi connectivity index (χ0n) is 16.7. The third kappa shape index (κ3) is 3.42. The topological polar surface area (TPSA) is 75.7 Å². The van der Waals surface area contributed by atoms with Gasteiger partial charge in [-0.2, -0.15) is 0 Å². The van der Waals surface area contributed by atoms with Gasteiger partial charge >= 0.3 is 5.97 Å². The quantitative estimate of drug-likeness (QED) is 0.789. The molecule has 2 aromatic rings. The molecule has 0 bridgehead atoms. The van der Waals surface area contributed by atoms with E-state index in [1.807, 2.05) is 19.9 Å². The van der Waals surface area contributed by atoms with Crippen molar-refractivity contribution in [2.24, 2.45) is 0 Å². The number of rotatable bonds is 4. The summed E-state index contributed by atoms with van der Waals surface area (Å²) in [7, 11) is 0. The fourth-order valence-electron chi connectivity index (χ4n) is 3.27. The number of carbonyl (C=O) groups excluding carboxylic acids is 3. The number of para-hydroxylation sites is 2. The Morgan fingerprint density at radius 1 is 1.29 bits per heavy atom. The molecule has 0 aliphatic carbocycles. The van der Waals surface area contributed by atoms with Gasteiger partial charge in [0.2, 0.25) is 5.91 Å². The molecule has 1 aliphatic heterocycles. The number of nitrogens with zero attached hydrogens (tertiary/aromatic N) is 1. The molecule has 1 aromatic carbocycles. The highest BCUT2D eigenvalue weighted by molar-refractivity contribution is 7.14. The van der Waals surface area contributed by atoms with Crippen molar-refractivity contribution in [3.63, 3.8) is 0 Å². The zero-order valence-corrected chi connectivity index (χ0v) is 17.5. The van der Waals surface area contributed by atoms with E-state index in [0.717, 1.165) is 16.9 Å². The molecule has 148 valence electrons. The molecule has 0 fully saturated rings. The van der Waals surface area contributed by atoms with E-state index in [1.165, 1.54) is 23.2 Å². The van der Waals surface area contributed by atoms with Gasteiger partial charge in [0.25, 0.3) is 5.91 Å². The van der Waals surface area contributed by atoms with Crippen LogP contribution in [0.4, 0.5) is 11.4 Å². The van der Waals surface area contributed by atoms with Gasteiger partial charge in [-0.25, -0.2) is 4.79 Å². The van der Waals surface area contributed by atoms with E-state index in [1.54, 1.807) is 38.1 Å². The number of nitrogens with one attached hydrogen (secondary N) is 1. The summed E-state index contributed by atoms with van der Waals surface area (Å²) in [6, 6.07) is 8.89. The Hall–Kier alpha value is -2.67. The van der Waals surface area contributed by atoms with Crippen LogP contribution in [-0.4, -0.2) is 29.4 Å². The summed E-state index contributed by atoms with van der Waals surface area (Å²) < 4.78 is 5.46. The Morgan fingerprint density at radius 2 is 1.96 bits per heavy atom. The molecule has 2 amide bonds. The average Bonchev–Trinajstić information content (AvgIpc) is 3.03. The first kappa shape index (κ1) is 20.1. The minimum Gasteiger partial charge on any atom is -0.448 e. The number of benzene rings is 1. The van der Waals surface area contributed by atoms with Crippen LogP contribution in [0, 0.1) is 6.92 Å². The number of amides is 2. The number of thiophene rings is 1. The number of carbonyl (C=O) groups is 3. The molecule has 3 rings (SSSR count). The Labute approximate surface area is 168 Å². The highest BCUT2D eigenvalue weighted by Crippen LogP contribution is 2.37. The molecule has 7 heteroatoms. The van der Waals surface area contributed by atoms with Crippen molar-refractivity contribution in [2.45, 2.75) is 52.7 Å². The van der Waals surface area contributed by atoms with Crippen LogP contribution >= 0.6 is 11.3 Å². The lowest BCUT2D eigenvalue weighted by Gasteiger charge is -2.42.